The average molecular weight is 608 g/mol. The molecule has 0 atom stereocenters. The zero-order valence-corrected chi connectivity index (χ0v) is 25.5. The molecular weight excluding hydrogens is 568 g/mol. The second-order valence-corrected chi connectivity index (χ2v) is 13.5. The van der Waals surface area contributed by atoms with E-state index in [0.717, 1.165) is 0 Å². The topological polar surface area (TPSA) is 113 Å². The second-order valence-electron chi connectivity index (χ2n) is 11.7. The summed E-state index contributed by atoms with van der Waals surface area (Å²) in [7, 11) is -2.30. The molecule has 0 bridgehead atoms. The maximum atomic E-state index is 14.8. The first-order valence-corrected chi connectivity index (χ1v) is 15.5. The van der Waals surface area contributed by atoms with Crippen LogP contribution in [0.1, 0.15) is 56.0 Å². The number of piperidine rings is 1. The van der Waals surface area contributed by atoms with Gasteiger partial charge >= 0.3 is 6.09 Å². The minimum Gasteiger partial charge on any atom is -0.444 e. The first kappa shape index (κ1) is 33.1. The van der Waals surface area contributed by atoms with E-state index in [1.165, 1.54) is 42.2 Å². The van der Waals surface area contributed by atoms with E-state index in [1.807, 2.05) is 0 Å². The standard InChI is InChI=1S/C30H39F2N3O6S/c1-20-15-23(22-7-6-8-24(31)16-22)17-25(28(20)32)26(36)18-33-42(39,40)19-21-9-13-35(14-10-21)27(37)11-12-34(5)29(38)41-30(2,3)4/h6-8,15-17,21,33H,9-14,18-19H2,1-5H3. The monoisotopic (exact) mass is 607 g/mol. The normalized spacial score (nSPS) is 14.5. The van der Waals surface area contributed by atoms with Gasteiger partial charge in [0.15, 0.2) is 5.78 Å². The number of aryl methyl sites for hydroxylation is 1. The van der Waals surface area contributed by atoms with Crippen molar-refractivity contribution in [3.63, 3.8) is 0 Å². The minimum absolute atomic E-state index is 0.124. The second kappa shape index (κ2) is 13.7. The number of benzene rings is 2. The zero-order valence-electron chi connectivity index (χ0n) is 24.7. The molecule has 1 saturated heterocycles. The van der Waals surface area contributed by atoms with Crippen molar-refractivity contribution >= 4 is 27.8 Å². The van der Waals surface area contributed by atoms with Gasteiger partial charge in [0.05, 0.1) is 17.9 Å². The third-order valence-corrected chi connectivity index (χ3v) is 8.45. The lowest BCUT2D eigenvalue weighted by Crippen LogP contribution is -2.43. The highest BCUT2D eigenvalue weighted by Crippen LogP contribution is 2.26. The SMILES string of the molecule is Cc1cc(-c2cccc(F)c2)cc(C(=O)CNS(=O)(=O)CC2CCN(C(=O)CCN(C)C(=O)OC(C)(C)C)CC2)c1F. The van der Waals surface area contributed by atoms with Crippen molar-refractivity contribution in [3.05, 3.63) is 59.2 Å². The number of sulfonamides is 1. The molecule has 1 N–H and O–H groups in total. The van der Waals surface area contributed by atoms with Crippen LogP contribution in [0, 0.1) is 24.5 Å². The van der Waals surface area contributed by atoms with Crippen molar-refractivity contribution < 1.29 is 36.3 Å². The van der Waals surface area contributed by atoms with Gasteiger partial charge in [-0.1, -0.05) is 12.1 Å². The fourth-order valence-corrected chi connectivity index (χ4v) is 6.07. The van der Waals surface area contributed by atoms with Crippen molar-refractivity contribution in [3.8, 4) is 11.1 Å². The lowest BCUT2D eigenvalue weighted by molar-refractivity contribution is -0.132. The predicted octanol–water partition coefficient (Wildman–Crippen LogP) is 4.54. The van der Waals surface area contributed by atoms with E-state index >= 15 is 0 Å². The molecule has 0 radical (unpaired) electrons. The van der Waals surface area contributed by atoms with Crippen molar-refractivity contribution in [2.75, 3.05) is 39.0 Å². The molecule has 2 aromatic rings. The van der Waals surface area contributed by atoms with Crippen LogP contribution in [0.4, 0.5) is 13.6 Å². The molecular formula is C30H39F2N3O6S. The lowest BCUT2D eigenvalue weighted by Gasteiger charge is -2.32. The minimum atomic E-state index is -3.86. The number of halogens is 2. The number of likely N-dealkylation sites (tertiary alicyclic amines) is 1. The van der Waals surface area contributed by atoms with E-state index in [4.69, 9.17) is 4.74 Å². The zero-order chi connectivity index (χ0) is 31.2. The fraction of sp³-hybridized carbons (Fsp3) is 0.500. The Kier molecular flexibility index (Phi) is 10.8. The third kappa shape index (κ3) is 9.59. The Bertz CT molecular complexity index is 1420. The van der Waals surface area contributed by atoms with Crippen molar-refractivity contribution in [2.24, 2.45) is 5.92 Å². The summed E-state index contributed by atoms with van der Waals surface area (Å²) in [6.07, 6.45) is 0.541. The molecule has 0 aliphatic carbocycles. The highest BCUT2D eigenvalue weighted by Gasteiger charge is 2.28. The van der Waals surface area contributed by atoms with Gasteiger partial charge in [0.25, 0.3) is 0 Å². The van der Waals surface area contributed by atoms with E-state index in [9.17, 15) is 31.6 Å². The Morgan fingerprint density at radius 2 is 1.74 bits per heavy atom. The smallest absolute Gasteiger partial charge is 0.410 e. The Morgan fingerprint density at radius 3 is 2.36 bits per heavy atom. The van der Waals surface area contributed by atoms with Crippen LogP contribution in [-0.2, 0) is 19.6 Å². The molecule has 230 valence electrons. The van der Waals surface area contributed by atoms with Gasteiger partial charge in [0, 0.05) is 33.1 Å². The Labute approximate surface area is 246 Å². The molecule has 0 aromatic heterocycles. The number of carbonyl (C=O) groups is 3. The van der Waals surface area contributed by atoms with E-state index in [0.29, 0.717) is 37.1 Å². The highest BCUT2D eigenvalue weighted by atomic mass is 32.2. The number of ketones is 1. The number of amides is 2. The van der Waals surface area contributed by atoms with Crippen molar-refractivity contribution in [2.45, 2.75) is 52.6 Å². The van der Waals surface area contributed by atoms with Gasteiger partial charge in [-0.2, -0.15) is 0 Å². The number of nitrogens with one attached hydrogen (secondary N) is 1. The van der Waals surface area contributed by atoms with Crippen LogP contribution in [0.15, 0.2) is 36.4 Å². The molecule has 9 nitrogen and oxygen atoms in total. The van der Waals surface area contributed by atoms with Gasteiger partial charge in [-0.15, -0.1) is 0 Å². The molecule has 1 fully saturated rings. The molecule has 12 heteroatoms. The largest absolute Gasteiger partial charge is 0.444 e. The van der Waals surface area contributed by atoms with E-state index in [1.54, 1.807) is 38.8 Å². The molecule has 3 rings (SSSR count). The van der Waals surface area contributed by atoms with Crippen LogP contribution in [-0.4, -0.2) is 80.6 Å². The molecule has 1 heterocycles. The summed E-state index contributed by atoms with van der Waals surface area (Å²) in [4.78, 5) is 40.5. The molecule has 2 amide bonds. The summed E-state index contributed by atoms with van der Waals surface area (Å²) < 4.78 is 61.5. The summed E-state index contributed by atoms with van der Waals surface area (Å²) >= 11 is 0. The molecule has 1 aliphatic rings. The van der Waals surface area contributed by atoms with E-state index in [2.05, 4.69) is 4.72 Å². The van der Waals surface area contributed by atoms with Gasteiger partial charge in [-0.05, 0) is 87.4 Å². The molecule has 0 unspecified atom stereocenters. The maximum absolute atomic E-state index is 14.8. The maximum Gasteiger partial charge on any atom is 0.410 e. The first-order valence-electron chi connectivity index (χ1n) is 13.8. The van der Waals surface area contributed by atoms with Gasteiger partial charge < -0.3 is 14.5 Å². The molecule has 0 spiro atoms. The van der Waals surface area contributed by atoms with E-state index in [-0.39, 0.29) is 41.7 Å². The summed E-state index contributed by atoms with van der Waals surface area (Å²) in [6, 6.07) is 8.48. The van der Waals surface area contributed by atoms with Crippen LogP contribution in [0.5, 0.6) is 0 Å². The van der Waals surface area contributed by atoms with Crippen molar-refractivity contribution in [1.82, 2.24) is 14.5 Å². The van der Waals surface area contributed by atoms with Crippen molar-refractivity contribution in [1.29, 1.82) is 0 Å². The Morgan fingerprint density at radius 1 is 1.07 bits per heavy atom. The molecule has 0 saturated carbocycles. The summed E-state index contributed by atoms with van der Waals surface area (Å²) in [6.45, 7) is 7.11. The van der Waals surface area contributed by atoms with Gasteiger partial charge in [0.2, 0.25) is 15.9 Å². The Balaban J connectivity index is 1.49. The average Bonchev–Trinajstić information content (AvgIpc) is 2.91. The van der Waals surface area contributed by atoms with Crippen LogP contribution >= 0.6 is 0 Å². The lowest BCUT2D eigenvalue weighted by atomic mass is 9.97. The molecule has 2 aromatic carbocycles. The third-order valence-electron chi connectivity index (χ3n) is 6.95. The van der Waals surface area contributed by atoms with Crippen LogP contribution in [0.3, 0.4) is 0 Å². The quantitative estimate of drug-likeness (QED) is 0.397. The highest BCUT2D eigenvalue weighted by molar-refractivity contribution is 7.89. The summed E-state index contributed by atoms with van der Waals surface area (Å²) in [5, 5.41) is 0. The number of Topliss-reactive ketones (excluding diaryl/α,β-unsaturated/α-hetero) is 1. The first-order chi connectivity index (χ1) is 19.5. The van der Waals surface area contributed by atoms with Crippen LogP contribution < -0.4 is 4.72 Å². The number of hydrogen-bond acceptors (Lipinski definition) is 6. The number of carbonyl (C=O) groups excluding carboxylic acids is 3. The predicted molar refractivity (Wildman–Crippen MR) is 155 cm³/mol. The van der Waals surface area contributed by atoms with Gasteiger partial charge in [-0.3, -0.25) is 9.59 Å². The summed E-state index contributed by atoms with van der Waals surface area (Å²) in [5.41, 5.74) is 0.177. The van der Waals surface area contributed by atoms with E-state index < -0.39 is 45.7 Å². The number of nitrogens with zero attached hydrogens (tertiary/aromatic N) is 2. The Hall–Kier alpha value is -3.38. The van der Waals surface area contributed by atoms with Gasteiger partial charge in [0.1, 0.15) is 17.2 Å². The number of hydrogen-bond donors (Lipinski definition) is 1. The number of rotatable bonds is 10. The van der Waals surface area contributed by atoms with Gasteiger partial charge in [-0.25, -0.2) is 26.7 Å². The number of ether oxygens (including phenoxy) is 1. The fourth-order valence-electron chi connectivity index (χ4n) is 4.65. The molecule has 42 heavy (non-hydrogen) atoms. The summed E-state index contributed by atoms with van der Waals surface area (Å²) in [5.74, 6) is -2.55. The molecule has 1 aliphatic heterocycles. The van der Waals surface area contributed by atoms with Crippen LogP contribution in [0.2, 0.25) is 0 Å². The van der Waals surface area contributed by atoms with Crippen LogP contribution in [0.25, 0.3) is 11.1 Å².